The van der Waals surface area contributed by atoms with Crippen molar-refractivity contribution in [3.63, 3.8) is 0 Å². The van der Waals surface area contributed by atoms with Crippen molar-refractivity contribution in [2.75, 3.05) is 0 Å². The van der Waals surface area contributed by atoms with Gasteiger partial charge in [0.15, 0.2) is 8.32 Å². The highest BCUT2D eigenvalue weighted by atomic mass is 28.4. The Balaban J connectivity index is 2.12. The van der Waals surface area contributed by atoms with Gasteiger partial charge in [-0.2, -0.15) is 5.26 Å². The summed E-state index contributed by atoms with van der Waals surface area (Å²) >= 11 is 0. The van der Waals surface area contributed by atoms with Crippen LogP contribution in [0.3, 0.4) is 0 Å². The van der Waals surface area contributed by atoms with Crippen LogP contribution < -0.4 is 0 Å². The highest BCUT2D eigenvalue weighted by molar-refractivity contribution is 6.69. The third-order valence-corrected chi connectivity index (χ3v) is 8.75. The van der Waals surface area contributed by atoms with Gasteiger partial charge in [-0.3, -0.25) is 0 Å². The lowest BCUT2D eigenvalue weighted by Crippen LogP contribution is -2.57. The molecule has 26 heavy (non-hydrogen) atoms. The molecule has 3 nitrogen and oxygen atoms in total. The van der Waals surface area contributed by atoms with E-state index in [0.29, 0.717) is 24.2 Å². The summed E-state index contributed by atoms with van der Waals surface area (Å²) in [7, 11) is -1.71. The highest BCUT2D eigenvalue weighted by Crippen LogP contribution is 2.70. The van der Waals surface area contributed by atoms with Crippen molar-refractivity contribution in [1.29, 1.82) is 5.26 Å². The summed E-state index contributed by atoms with van der Waals surface area (Å²) in [6, 6.07) is 2.39. The molecular weight excluding hydrogens is 338 g/mol. The van der Waals surface area contributed by atoms with Crippen molar-refractivity contribution in [2.45, 2.75) is 91.1 Å². The van der Waals surface area contributed by atoms with E-state index in [2.05, 4.69) is 52.6 Å². The van der Waals surface area contributed by atoms with E-state index < -0.39 is 13.9 Å². The topological polar surface area (TPSA) is 53.2 Å². The fraction of sp³-hybridized carbons (Fsp3) is 0.864. The van der Waals surface area contributed by atoms with Gasteiger partial charge in [0, 0.05) is 11.8 Å². The molecule has 0 saturated heterocycles. The van der Waals surface area contributed by atoms with Crippen LogP contribution in [-0.2, 0) is 4.43 Å². The molecule has 1 N–H and O–H groups in total. The largest absolute Gasteiger partial charge is 0.411 e. The van der Waals surface area contributed by atoms with Gasteiger partial charge >= 0.3 is 0 Å². The SMILES string of the molecule is CC1=CC(O[Si](C)(C)C)[C@@](C)(CCC#N)C2C(C)CC3CC12CC3(C)O. The molecule has 3 rings (SSSR count). The zero-order valence-corrected chi connectivity index (χ0v) is 18.7. The van der Waals surface area contributed by atoms with Gasteiger partial charge < -0.3 is 9.53 Å². The molecule has 0 radical (unpaired) electrons. The third kappa shape index (κ3) is 3.01. The minimum absolute atomic E-state index is 0.0413. The lowest BCUT2D eigenvalue weighted by atomic mass is 9.47. The Kier molecular flexibility index (Phi) is 4.79. The number of hydrogen-bond acceptors (Lipinski definition) is 3. The third-order valence-electron chi connectivity index (χ3n) is 7.79. The average Bonchev–Trinajstić information content (AvgIpc) is 2.69. The Morgan fingerprint density at radius 3 is 2.58 bits per heavy atom. The first-order chi connectivity index (χ1) is 11.9. The Morgan fingerprint density at radius 1 is 1.35 bits per heavy atom. The van der Waals surface area contributed by atoms with E-state index in [1.807, 2.05) is 6.92 Å². The standard InChI is InChI=1S/C22H37NO2Si/c1-15-11-17-13-22(14-21(17,4)24)16(2)12-18(25-26(5,6)7)20(3,19(15)22)9-8-10-23/h12,15,17-19,24H,8-9,11,13-14H2,1-7H3/t15?,17?,18?,19?,20-,21?,22?/m1/s1. The van der Waals surface area contributed by atoms with Gasteiger partial charge in [-0.25, -0.2) is 0 Å². The first kappa shape index (κ1) is 20.1. The molecule has 3 aliphatic carbocycles. The Hall–Kier alpha value is -0.633. The van der Waals surface area contributed by atoms with Gasteiger partial charge in [0.1, 0.15) is 0 Å². The molecule has 0 aliphatic heterocycles. The second kappa shape index (κ2) is 6.19. The van der Waals surface area contributed by atoms with Crippen LogP contribution in [0.2, 0.25) is 19.6 Å². The van der Waals surface area contributed by atoms with Crippen molar-refractivity contribution < 1.29 is 9.53 Å². The molecule has 2 bridgehead atoms. The van der Waals surface area contributed by atoms with Crippen molar-refractivity contribution in [3.8, 4) is 6.07 Å². The van der Waals surface area contributed by atoms with Crippen molar-refractivity contribution in [2.24, 2.45) is 28.6 Å². The molecule has 0 heterocycles. The van der Waals surface area contributed by atoms with Gasteiger partial charge in [-0.1, -0.05) is 25.5 Å². The van der Waals surface area contributed by atoms with Crippen LogP contribution in [0.15, 0.2) is 11.6 Å². The summed E-state index contributed by atoms with van der Waals surface area (Å²) in [4.78, 5) is 0. The zero-order chi connectivity index (χ0) is 19.5. The normalized spacial score (nSPS) is 47.9. The van der Waals surface area contributed by atoms with Gasteiger partial charge in [0.25, 0.3) is 0 Å². The highest BCUT2D eigenvalue weighted by Gasteiger charge is 2.66. The molecule has 0 aromatic heterocycles. The van der Waals surface area contributed by atoms with Gasteiger partial charge in [0.2, 0.25) is 0 Å². The molecule has 0 aromatic carbocycles. The monoisotopic (exact) mass is 375 g/mol. The van der Waals surface area contributed by atoms with E-state index in [4.69, 9.17) is 4.43 Å². The second-order valence-corrected chi connectivity index (χ2v) is 15.4. The molecular formula is C22H37NO2Si. The van der Waals surface area contributed by atoms with E-state index in [0.717, 1.165) is 25.7 Å². The predicted molar refractivity (Wildman–Crippen MR) is 108 cm³/mol. The van der Waals surface area contributed by atoms with E-state index >= 15 is 0 Å². The molecule has 146 valence electrons. The van der Waals surface area contributed by atoms with E-state index in [9.17, 15) is 10.4 Å². The number of allylic oxidation sites excluding steroid dienone is 1. The maximum atomic E-state index is 11.1. The Labute approximate surface area is 161 Å². The molecule has 6 unspecified atom stereocenters. The molecule has 7 atom stereocenters. The first-order valence-corrected chi connectivity index (χ1v) is 13.7. The summed E-state index contributed by atoms with van der Waals surface area (Å²) < 4.78 is 6.70. The van der Waals surface area contributed by atoms with Crippen LogP contribution in [0.1, 0.15) is 59.8 Å². The number of nitrogens with zero attached hydrogens (tertiary/aromatic N) is 1. The van der Waals surface area contributed by atoms with Crippen LogP contribution in [0.5, 0.6) is 0 Å². The number of hydrogen-bond donors (Lipinski definition) is 1. The molecule has 0 amide bonds. The minimum atomic E-state index is -1.71. The Morgan fingerprint density at radius 2 is 2.00 bits per heavy atom. The maximum absolute atomic E-state index is 11.1. The fourth-order valence-electron chi connectivity index (χ4n) is 6.98. The van der Waals surface area contributed by atoms with Crippen LogP contribution >= 0.6 is 0 Å². The number of aliphatic hydroxyl groups is 1. The van der Waals surface area contributed by atoms with Gasteiger partial charge in [-0.05, 0) is 82.3 Å². The van der Waals surface area contributed by atoms with Crippen LogP contribution in [0.4, 0.5) is 0 Å². The Bertz CT molecular complexity index is 644. The first-order valence-electron chi connectivity index (χ1n) is 10.3. The van der Waals surface area contributed by atoms with Crippen LogP contribution in [0.25, 0.3) is 0 Å². The van der Waals surface area contributed by atoms with Crippen molar-refractivity contribution >= 4 is 8.32 Å². The number of fused-ring (bicyclic) bond motifs is 1. The number of rotatable bonds is 4. The zero-order valence-electron chi connectivity index (χ0n) is 17.7. The summed E-state index contributed by atoms with van der Waals surface area (Å²) in [6.45, 7) is 15.8. The fourth-order valence-corrected chi connectivity index (χ4v) is 8.08. The lowest BCUT2D eigenvalue weighted by Gasteiger charge is -2.59. The summed E-state index contributed by atoms with van der Waals surface area (Å²) in [5.74, 6) is 1.41. The van der Waals surface area contributed by atoms with Gasteiger partial charge in [-0.15, -0.1) is 0 Å². The average molecular weight is 376 g/mol. The maximum Gasteiger partial charge on any atom is 0.184 e. The second-order valence-electron chi connectivity index (χ2n) is 10.9. The van der Waals surface area contributed by atoms with E-state index in [1.54, 1.807) is 0 Å². The molecule has 2 fully saturated rings. The molecule has 3 aliphatic rings. The van der Waals surface area contributed by atoms with E-state index in [-0.39, 0.29) is 16.9 Å². The lowest BCUT2D eigenvalue weighted by molar-refractivity contribution is -0.0827. The quantitative estimate of drug-likeness (QED) is 0.537. The summed E-state index contributed by atoms with van der Waals surface area (Å²) in [5.41, 5.74) is 0.894. The molecule has 0 aromatic rings. The summed E-state index contributed by atoms with van der Waals surface area (Å²) in [5, 5.41) is 20.4. The molecule has 4 heteroatoms. The van der Waals surface area contributed by atoms with Gasteiger partial charge in [0.05, 0.1) is 17.8 Å². The predicted octanol–water partition coefficient (Wildman–Crippen LogP) is 5.28. The van der Waals surface area contributed by atoms with E-state index in [1.165, 1.54) is 5.57 Å². The smallest absolute Gasteiger partial charge is 0.184 e. The van der Waals surface area contributed by atoms with Crippen LogP contribution in [0, 0.1) is 39.9 Å². The minimum Gasteiger partial charge on any atom is -0.411 e. The molecule has 1 spiro atoms. The van der Waals surface area contributed by atoms with Crippen molar-refractivity contribution in [1.82, 2.24) is 0 Å². The molecule has 2 saturated carbocycles. The summed E-state index contributed by atoms with van der Waals surface area (Å²) in [6.07, 6.45) is 6.97. The van der Waals surface area contributed by atoms with Crippen molar-refractivity contribution in [3.05, 3.63) is 11.6 Å². The number of nitriles is 1. The van der Waals surface area contributed by atoms with Crippen LogP contribution in [-0.4, -0.2) is 25.1 Å².